The van der Waals surface area contributed by atoms with E-state index in [4.69, 9.17) is 0 Å². The number of ketones is 2. The van der Waals surface area contributed by atoms with Gasteiger partial charge in [0.1, 0.15) is 0 Å². The topological polar surface area (TPSA) is 34.1 Å². The molecule has 0 aromatic carbocycles. The molecule has 0 saturated heterocycles. The van der Waals surface area contributed by atoms with Crippen LogP contribution in [-0.4, -0.2) is 11.6 Å². The molecule has 2 aliphatic carbocycles. The first-order chi connectivity index (χ1) is 5.29. The summed E-state index contributed by atoms with van der Waals surface area (Å²) in [4.78, 5) is 22.2. The van der Waals surface area contributed by atoms with Gasteiger partial charge >= 0.3 is 0 Å². The lowest BCUT2D eigenvalue weighted by atomic mass is 9.97. The average molecular weight is 146 g/mol. The first kappa shape index (κ1) is 6.28. The molecule has 0 heterocycles. The molecule has 0 aromatic heterocycles. The summed E-state index contributed by atoms with van der Waals surface area (Å²) in [6, 6.07) is 0. The van der Waals surface area contributed by atoms with Crippen molar-refractivity contribution in [3.63, 3.8) is 0 Å². The second kappa shape index (κ2) is 2.02. The molecule has 0 radical (unpaired) electrons. The fraction of sp³-hybridized carbons (Fsp3) is 0.111. The Morgan fingerprint density at radius 2 is 1.73 bits per heavy atom. The molecule has 0 fully saturated rings. The Hall–Kier alpha value is -1.44. The van der Waals surface area contributed by atoms with E-state index in [1.165, 1.54) is 12.2 Å². The minimum absolute atomic E-state index is 0.0235. The Bertz CT molecular complexity index is 329. The van der Waals surface area contributed by atoms with Crippen LogP contribution in [0.5, 0.6) is 0 Å². The van der Waals surface area contributed by atoms with Crippen LogP contribution in [0.15, 0.2) is 35.5 Å². The molecule has 0 unspecified atom stereocenters. The van der Waals surface area contributed by atoms with Crippen molar-refractivity contribution < 1.29 is 9.59 Å². The monoisotopic (exact) mass is 146 g/mol. The van der Waals surface area contributed by atoms with Gasteiger partial charge in [0.2, 0.25) is 0 Å². The molecule has 0 amide bonds. The van der Waals surface area contributed by atoms with Crippen LogP contribution in [0, 0.1) is 0 Å². The zero-order valence-corrected chi connectivity index (χ0v) is 5.83. The van der Waals surface area contributed by atoms with Crippen LogP contribution in [-0.2, 0) is 9.59 Å². The lowest BCUT2D eigenvalue weighted by Crippen LogP contribution is -2.10. The average Bonchev–Trinajstić information content (AvgIpc) is 2.45. The van der Waals surface area contributed by atoms with E-state index in [-0.39, 0.29) is 11.6 Å². The summed E-state index contributed by atoms with van der Waals surface area (Å²) < 4.78 is 0. The summed E-state index contributed by atoms with van der Waals surface area (Å²) in [5.74, 6) is -0.0713. The first-order valence-electron chi connectivity index (χ1n) is 3.45. The minimum Gasteiger partial charge on any atom is -0.290 e. The Morgan fingerprint density at radius 1 is 1.00 bits per heavy atom. The predicted octanol–water partition coefficient (Wildman–Crippen LogP) is 0.951. The number of carbonyl (C=O) groups is 2. The maximum Gasteiger partial charge on any atom is 0.186 e. The SMILES string of the molecule is O=C1C=CC(=O)C2=C1C=CC2. The molecule has 2 nitrogen and oxygen atoms in total. The van der Waals surface area contributed by atoms with Gasteiger partial charge in [-0.15, -0.1) is 0 Å². The van der Waals surface area contributed by atoms with E-state index in [2.05, 4.69) is 0 Å². The molecule has 11 heavy (non-hydrogen) atoms. The van der Waals surface area contributed by atoms with Crippen LogP contribution < -0.4 is 0 Å². The van der Waals surface area contributed by atoms with Crippen LogP contribution in [0.4, 0.5) is 0 Å². The van der Waals surface area contributed by atoms with E-state index in [9.17, 15) is 9.59 Å². The summed E-state index contributed by atoms with van der Waals surface area (Å²) >= 11 is 0. The normalized spacial score (nSPS) is 21.5. The molecule has 0 saturated carbocycles. The standard InChI is InChI=1S/C9H6O2/c10-8-4-5-9(11)7-3-1-2-6(7)8/h1-2,4-5H,3H2. The Labute approximate surface area is 63.9 Å². The van der Waals surface area contributed by atoms with E-state index < -0.39 is 0 Å². The van der Waals surface area contributed by atoms with E-state index in [1.807, 2.05) is 6.08 Å². The summed E-state index contributed by atoms with van der Waals surface area (Å²) in [5.41, 5.74) is 1.23. The highest BCUT2D eigenvalue weighted by atomic mass is 16.1. The van der Waals surface area contributed by atoms with E-state index >= 15 is 0 Å². The van der Waals surface area contributed by atoms with Gasteiger partial charge in [-0.05, 0) is 18.6 Å². The van der Waals surface area contributed by atoms with Crippen molar-refractivity contribution in [3.05, 3.63) is 35.5 Å². The number of allylic oxidation sites excluding steroid dienone is 6. The van der Waals surface area contributed by atoms with Crippen molar-refractivity contribution in [2.24, 2.45) is 0 Å². The fourth-order valence-electron chi connectivity index (χ4n) is 1.31. The number of hydrogen-bond acceptors (Lipinski definition) is 2. The van der Waals surface area contributed by atoms with Gasteiger partial charge in [0.25, 0.3) is 0 Å². The van der Waals surface area contributed by atoms with Gasteiger partial charge in [-0.3, -0.25) is 9.59 Å². The molecule has 54 valence electrons. The molecule has 0 spiro atoms. The summed E-state index contributed by atoms with van der Waals surface area (Å²) in [7, 11) is 0. The van der Waals surface area contributed by atoms with Crippen LogP contribution in [0.25, 0.3) is 0 Å². The van der Waals surface area contributed by atoms with Gasteiger partial charge in [0, 0.05) is 11.1 Å². The van der Waals surface area contributed by atoms with Crippen LogP contribution in [0.2, 0.25) is 0 Å². The molecule has 2 heteroatoms. The second-order valence-corrected chi connectivity index (χ2v) is 2.56. The highest BCUT2D eigenvalue weighted by Gasteiger charge is 2.22. The van der Waals surface area contributed by atoms with Crippen LogP contribution >= 0.6 is 0 Å². The predicted molar refractivity (Wildman–Crippen MR) is 39.9 cm³/mol. The summed E-state index contributed by atoms with van der Waals surface area (Å²) in [6.45, 7) is 0. The number of carbonyl (C=O) groups excluding carboxylic acids is 2. The quantitative estimate of drug-likeness (QED) is 0.477. The van der Waals surface area contributed by atoms with Crippen molar-refractivity contribution in [2.75, 3.05) is 0 Å². The van der Waals surface area contributed by atoms with Gasteiger partial charge in [-0.1, -0.05) is 12.2 Å². The highest BCUT2D eigenvalue weighted by Crippen LogP contribution is 2.24. The minimum atomic E-state index is -0.0478. The third-order valence-electron chi connectivity index (χ3n) is 1.88. The third kappa shape index (κ3) is 0.792. The molecule has 2 aliphatic rings. The molecule has 0 bridgehead atoms. The fourth-order valence-corrected chi connectivity index (χ4v) is 1.31. The highest BCUT2D eigenvalue weighted by molar-refractivity contribution is 6.22. The van der Waals surface area contributed by atoms with Gasteiger partial charge in [0.15, 0.2) is 11.6 Å². The van der Waals surface area contributed by atoms with Crippen molar-refractivity contribution >= 4 is 11.6 Å². The number of rotatable bonds is 0. The molecular formula is C9H6O2. The maximum atomic E-state index is 11.1. The Balaban J connectivity index is 2.52. The van der Waals surface area contributed by atoms with E-state index in [0.29, 0.717) is 17.6 Å². The summed E-state index contributed by atoms with van der Waals surface area (Å²) in [5, 5.41) is 0. The lowest BCUT2D eigenvalue weighted by Gasteiger charge is -2.04. The largest absolute Gasteiger partial charge is 0.290 e. The molecule has 0 aliphatic heterocycles. The van der Waals surface area contributed by atoms with Gasteiger partial charge < -0.3 is 0 Å². The zero-order chi connectivity index (χ0) is 7.84. The van der Waals surface area contributed by atoms with E-state index in [1.54, 1.807) is 6.08 Å². The smallest absolute Gasteiger partial charge is 0.186 e. The van der Waals surface area contributed by atoms with Crippen molar-refractivity contribution in [1.29, 1.82) is 0 Å². The molecule has 2 rings (SSSR count). The molecular weight excluding hydrogens is 140 g/mol. The third-order valence-corrected chi connectivity index (χ3v) is 1.88. The number of hydrogen-bond donors (Lipinski definition) is 0. The van der Waals surface area contributed by atoms with Crippen LogP contribution in [0.3, 0.4) is 0 Å². The first-order valence-corrected chi connectivity index (χ1v) is 3.45. The van der Waals surface area contributed by atoms with Gasteiger partial charge in [-0.25, -0.2) is 0 Å². The van der Waals surface area contributed by atoms with Crippen LogP contribution in [0.1, 0.15) is 6.42 Å². The summed E-state index contributed by atoms with van der Waals surface area (Å²) in [6.07, 6.45) is 6.85. The Kier molecular flexibility index (Phi) is 1.15. The van der Waals surface area contributed by atoms with E-state index in [0.717, 1.165) is 0 Å². The second-order valence-electron chi connectivity index (χ2n) is 2.56. The molecule has 0 atom stereocenters. The Morgan fingerprint density at radius 3 is 2.45 bits per heavy atom. The zero-order valence-electron chi connectivity index (χ0n) is 5.83. The maximum absolute atomic E-state index is 11.1. The molecule has 0 aromatic rings. The molecule has 0 N–H and O–H groups in total. The van der Waals surface area contributed by atoms with Gasteiger partial charge in [0.05, 0.1) is 0 Å². The lowest BCUT2D eigenvalue weighted by molar-refractivity contribution is -0.115. The van der Waals surface area contributed by atoms with Crippen molar-refractivity contribution in [1.82, 2.24) is 0 Å². The van der Waals surface area contributed by atoms with Crippen molar-refractivity contribution in [2.45, 2.75) is 6.42 Å². The van der Waals surface area contributed by atoms with Crippen molar-refractivity contribution in [3.8, 4) is 0 Å². The van der Waals surface area contributed by atoms with Gasteiger partial charge in [-0.2, -0.15) is 0 Å².